The highest BCUT2D eigenvalue weighted by Gasteiger charge is 2.38. The molecule has 168 valence electrons. The minimum atomic E-state index is -4.80. The maximum absolute atomic E-state index is 11.7. The summed E-state index contributed by atoms with van der Waals surface area (Å²) in [4.78, 5) is 18.2. The summed E-state index contributed by atoms with van der Waals surface area (Å²) in [5.41, 5.74) is 1.34. The number of carbonyl (C=O) groups excluding carboxylic acids is 1. The molecule has 1 aromatic carbocycles. The van der Waals surface area contributed by atoms with E-state index in [1.807, 2.05) is 24.8 Å². The fourth-order valence-corrected chi connectivity index (χ4v) is 2.62. The molecule has 0 bridgehead atoms. The number of nitrogens with zero attached hydrogens (tertiary/aromatic N) is 4. The molecule has 0 unspecified atom stereocenters. The number of benzene rings is 1. The predicted molar refractivity (Wildman–Crippen MR) is 111 cm³/mol. The third-order valence-corrected chi connectivity index (χ3v) is 4.20. The topological polar surface area (TPSA) is 76.8 Å². The van der Waals surface area contributed by atoms with E-state index in [2.05, 4.69) is 44.1 Å². The van der Waals surface area contributed by atoms with Crippen LogP contribution in [0, 0.1) is 0 Å². The number of amides is 1. The summed E-state index contributed by atoms with van der Waals surface area (Å²) in [6, 6.07) is 10.5. The minimum absolute atomic E-state index is 0.00345. The van der Waals surface area contributed by atoms with Gasteiger partial charge in [-0.3, -0.25) is 4.79 Å². The Balaban J connectivity index is 0.000000221. The van der Waals surface area contributed by atoms with Gasteiger partial charge in [-0.2, -0.15) is 13.2 Å². The van der Waals surface area contributed by atoms with E-state index in [0.29, 0.717) is 13.0 Å². The number of carbonyl (C=O) groups is 1. The van der Waals surface area contributed by atoms with E-state index in [0.717, 1.165) is 26.1 Å². The molecule has 0 fully saturated rings. The Hall–Kier alpha value is -3.14. The number of hydrogen-bond acceptors (Lipinski definition) is 4. The van der Waals surface area contributed by atoms with Crippen molar-refractivity contribution in [2.24, 2.45) is 0 Å². The molecule has 3 rings (SSSR count). The van der Waals surface area contributed by atoms with Crippen LogP contribution in [0.1, 0.15) is 18.4 Å². The lowest BCUT2D eigenvalue weighted by atomic mass is 10.2. The lowest BCUT2D eigenvalue weighted by Gasteiger charge is -2.07. The zero-order valence-electron chi connectivity index (χ0n) is 17.1. The van der Waals surface area contributed by atoms with Gasteiger partial charge in [-0.15, -0.1) is 0 Å². The van der Waals surface area contributed by atoms with Crippen molar-refractivity contribution < 1.29 is 18.0 Å². The summed E-state index contributed by atoms with van der Waals surface area (Å²) in [7, 11) is 0. The van der Waals surface area contributed by atoms with Gasteiger partial charge in [0, 0.05) is 51.0 Å². The van der Waals surface area contributed by atoms with Gasteiger partial charge in [0.15, 0.2) is 0 Å². The molecule has 7 nitrogen and oxygen atoms in total. The van der Waals surface area contributed by atoms with Crippen LogP contribution in [0.2, 0.25) is 0 Å². The van der Waals surface area contributed by atoms with Gasteiger partial charge in [0.25, 0.3) is 0 Å². The number of halogens is 3. The molecular formula is C21H27F3N6O. The van der Waals surface area contributed by atoms with Gasteiger partial charge in [0.2, 0.25) is 0 Å². The second kappa shape index (κ2) is 13.2. The van der Waals surface area contributed by atoms with Crippen LogP contribution in [0.3, 0.4) is 0 Å². The number of rotatable bonds is 10. The molecule has 31 heavy (non-hydrogen) atoms. The summed E-state index contributed by atoms with van der Waals surface area (Å²) in [6.07, 6.45) is 7.27. The van der Waals surface area contributed by atoms with Gasteiger partial charge in [-0.1, -0.05) is 30.3 Å². The van der Waals surface area contributed by atoms with Crippen molar-refractivity contribution in [3.05, 3.63) is 73.3 Å². The van der Waals surface area contributed by atoms with Crippen LogP contribution < -0.4 is 10.6 Å². The standard InChI is InChI=1S/C13H17N3.C8H10F3N3O/c1-2-5-13(6-3-1)11-14-7-4-9-16-10-8-15-12-16;9-8(10,11)7(15)13-2-1-4-14-5-3-12-6-14/h1-3,5-6,8,10,12,14H,4,7,9,11H2;3,5-6H,1-2,4H2,(H,13,15). The summed E-state index contributed by atoms with van der Waals surface area (Å²) in [5, 5.41) is 5.22. The van der Waals surface area contributed by atoms with Crippen molar-refractivity contribution >= 4 is 5.91 Å². The van der Waals surface area contributed by atoms with Gasteiger partial charge in [-0.25, -0.2) is 9.97 Å². The van der Waals surface area contributed by atoms with Crippen molar-refractivity contribution in [3.8, 4) is 0 Å². The highest BCUT2D eigenvalue weighted by atomic mass is 19.4. The van der Waals surface area contributed by atoms with Crippen molar-refractivity contribution in [1.82, 2.24) is 29.7 Å². The quantitative estimate of drug-likeness (QED) is 0.479. The zero-order chi connectivity index (χ0) is 22.4. The van der Waals surface area contributed by atoms with Gasteiger partial charge in [0.1, 0.15) is 0 Å². The Labute approximate surface area is 179 Å². The van der Waals surface area contributed by atoms with E-state index in [1.165, 1.54) is 5.56 Å². The number of imidazole rings is 2. The summed E-state index contributed by atoms with van der Waals surface area (Å²) >= 11 is 0. The third kappa shape index (κ3) is 10.4. The Bertz CT molecular complexity index is 836. The van der Waals surface area contributed by atoms with E-state index >= 15 is 0 Å². The maximum atomic E-state index is 11.7. The Kier molecular flexibility index (Phi) is 10.3. The first-order chi connectivity index (χ1) is 14.9. The van der Waals surface area contributed by atoms with Crippen LogP contribution in [-0.2, 0) is 24.4 Å². The van der Waals surface area contributed by atoms with Crippen LogP contribution >= 0.6 is 0 Å². The monoisotopic (exact) mass is 436 g/mol. The largest absolute Gasteiger partial charge is 0.471 e. The molecule has 0 aliphatic carbocycles. The highest BCUT2D eigenvalue weighted by molar-refractivity contribution is 5.81. The first kappa shape index (κ1) is 24.1. The molecule has 0 aliphatic heterocycles. The zero-order valence-corrected chi connectivity index (χ0v) is 17.1. The van der Waals surface area contributed by atoms with Crippen molar-refractivity contribution in [1.29, 1.82) is 0 Å². The molecule has 0 atom stereocenters. The van der Waals surface area contributed by atoms with Gasteiger partial charge < -0.3 is 19.8 Å². The van der Waals surface area contributed by atoms with Gasteiger partial charge in [-0.05, 0) is 24.9 Å². The molecule has 2 heterocycles. The number of nitrogens with one attached hydrogen (secondary N) is 2. The first-order valence-electron chi connectivity index (χ1n) is 9.96. The Morgan fingerprint density at radius 3 is 2.00 bits per heavy atom. The predicted octanol–water partition coefficient (Wildman–Crippen LogP) is 3.01. The fourth-order valence-electron chi connectivity index (χ4n) is 2.62. The number of aryl methyl sites for hydroxylation is 2. The number of hydrogen-bond donors (Lipinski definition) is 2. The van der Waals surface area contributed by atoms with E-state index in [9.17, 15) is 18.0 Å². The van der Waals surface area contributed by atoms with Gasteiger partial charge >= 0.3 is 12.1 Å². The maximum Gasteiger partial charge on any atom is 0.471 e. The summed E-state index contributed by atoms with van der Waals surface area (Å²) < 4.78 is 39.0. The Morgan fingerprint density at radius 1 is 0.903 bits per heavy atom. The van der Waals surface area contributed by atoms with Gasteiger partial charge in [0.05, 0.1) is 12.7 Å². The normalized spacial score (nSPS) is 10.9. The fraction of sp³-hybridized carbons (Fsp3) is 0.381. The van der Waals surface area contributed by atoms with Crippen LogP contribution in [0.4, 0.5) is 13.2 Å². The first-order valence-corrected chi connectivity index (χ1v) is 9.96. The average molecular weight is 436 g/mol. The van der Waals surface area contributed by atoms with Crippen LogP contribution in [0.25, 0.3) is 0 Å². The van der Waals surface area contributed by atoms with Crippen molar-refractivity contribution in [2.75, 3.05) is 13.1 Å². The molecular weight excluding hydrogens is 409 g/mol. The van der Waals surface area contributed by atoms with Crippen LogP contribution in [0.5, 0.6) is 0 Å². The second-order valence-corrected chi connectivity index (χ2v) is 6.72. The molecule has 2 aromatic heterocycles. The van der Waals surface area contributed by atoms with E-state index in [4.69, 9.17) is 0 Å². The highest BCUT2D eigenvalue weighted by Crippen LogP contribution is 2.13. The molecule has 1 amide bonds. The SMILES string of the molecule is O=C(NCCCn1ccnc1)C(F)(F)F.c1ccc(CNCCCn2ccnc2)cc1. The summed E-state index contributed by atoms with van der Waals surface area (Å²) in [5.74, 6) is -1.90. The number of aromatic nitrogens is 4. The molecule has 0 saturated heterocycles. The van der Waals surface area contributed by atoms with Crippen LogP contribution in [-0.4, -0.2) is 44.3 Å². The van der Waals surface area contributed by atoms with Crippen LogP contribution in [0.15, 0.2) is 67.8 Å². The molecule has 3 aromatic rings. The molecule has 2 N–H and O–H groups in total. The molecule has 0 spiro atoms. The smallest absolute Gasteiger partial charge is 0.348 e. The molecule has 0 radical (unpaired) electrons. The summed E-state index contributed by atoms with van der Waals surface area (Å²) in [6.45, 7) is 3.54. The van der Waals surface area contributed by atoms with Crippen molar-refractivity contribution in [3.63, 3.8) is 0 Å². The second-order valence-electron chi connectivity index (χ2n) is 6.72. The minimum Gasteiger partial charge on any atom is -0.348 e. The molecule has 0 aliphatic rings. The van der Waals surface area contributed by atoms with E-state index in [1.54, 1.807) is 28.6 Å². The lowest BCUT2D eigenvalue weighted by Crippen LogP contribution is -2.37. The lowest BCUT2D eigenvalue weighted by molar-refractivity contribution is -0.173. The number of alkyl halides is 3. The average Bonchev–Trinajstić information content (AvgIpc) is 3.46. The third-order valence-electron chi connectivity index (χ3n) is 4.20. The Morgan fingerprint density at radius 2 is 1.48 bits per heavy atom. The van der Waals surface area contributed by atoms with Crippen molar-refractivity contribution in [2.45, 2.75) is 38.7 Å². The molecule has 10 heteroatoms. The van der Waals surface area contributed by atoms with E-state index in [-0.39, 0.29) is 6.54 Å². The molecule has 0 saturated carbocycles. The van der Waals surface area contributed by atoms with E-state index < -0.39 is 12.1 Å².